The molecule has 0 unspecified atom stereocenters. The Bertz CT molecular complexity index is 431. The van der Waals surface area contributed by atoms with Crippen LogP contribution in [0.2, 0.25) is 5.02 Å². The summed E-state index contributed by atoms with van der Waals surface area (Å²) in [5.74, 6) is -1.07. The van der Waals surface area contributed by atoms with Crippen LogP contribution in [0.3, 0.4) is 0 Å². The molecule has 1 aromatic carbocycles. The number of halogens is 5. The molecule has 0 radical (unpaired) electrons. The van der Waals surface area contributed by atoms with Crippen LogP contribution in [-0.2, 0) is 10.9 Å². The van der Waals surface area contributed by atoms with Crippen LogP contribution in [0.4, 0.5) is 13.2 Å². The lowest BCUT2D eigenvalue weighted by molar-refractivity contribution is -0.138. The second-order valence-corrected chi connectivity index (χ2v) is 3.97. The third-order valence-electron chi connectivity index (χ3n) is 1.78. The van der Waals surface area contributed by atoms with E-state index in [0.29, 0.717) is 0 Å². The lowest BCUT2D eigenvalue weighted by Crippen LogP contribution is -2.15. The molecule has 2 nitrogen and oxygen atoms in total. The molecule has 0 N–H and O–H groups in total. The SMILES string of the molecule is COC(=O)c1ccc(Cl)c(Br)c1C(F)(F)F. The molecule has 0 fully saturated rings. The fourth-order valence-corrected chi connectivity index (χ4v) is 1.84. The van der Waals surface area contributed by atoms with E-state index in [-0.39, 0.29) is 9.50 Å². The van der Waals surface area contributed by atoms with Gasteiger partial charge in [-0.2, -0.15) is 13.2 Å². The minimum Gasteiger partial charge on any atom is -0.465 e. The molecule has 0 aliphatic carbocycles. The molecular weight excluding hydrogens is 312 g/mol. The zero-order chi connectivity index (χ0) is 12.5. The van der Waals surface area contributed by atoms with Crippen molar-refractivity contribution < 1.29 is 22.7 Å². The molecule has 0 aliphatic rings. The quantitative estimate of drug-likeness (QED) is 0.734. The van der Waals surface area contributed by atoms with Crippen LogP contribution >= 0.6 is 27.5 Å². The van der Waals surface area contributed by atoms with Crippen LogP contribution in [0.1, 0.15) is 15.9 Å². The number of hydrogen-bond acceptors (Lipinski definition) is 2. The van der Waals surface area contributed by atoms with Gasteiger partial charge in [0, 0.05) is 4.47 Å². The Morgan fingerprint density at radius 1 is 1.44 bits per heavy atom. The van der Waals surface area contributed by atoms with E-state index in [0.717, 1.165) is 13.2 Å². The van der Waals surface area contributed by atoms with Crippen LogP contribution in [0.15, 0.2) is 16.6 Å². The third kappa shape index (κ3) is 2.49. The number of alkyl halides is 3. The van der Waals surface area contributed by atoms with Crippen molar-refractivity contribution in [1.82, 2.24) is 0 Å². The Hall–Kier alpha value is -0.750. The molecular formula is C9H5BrClF3O2. The van der Waals surface area contributed by atoms with Crippen molar-refractivity contribution >= 4 is 33.5 Å². The fraction of sp³-hybridized carbons (Fsp3) is 0.222. The molecule has 0 aromatic heterocycles. The summed E-state index contributed by atoms with van der Waals surface area (Å²) < 4.78 is 42.0. The summed E-state index contributed by atoms with van der Waals surface area (Å²) >= 11 is 8.25. The minimum atomic E-state index is -4.69. The van der Waals surface area contributed by atoms with Crippen LogP contribution in [0, 0.1) is 0 Å². The first-order chi connectivity index (χ1) is 7.29. The Labute approximate surface area is 102 Å². The van der Waals surface area contributed by atoms with E-state index in [4.69, 9.17) is 11.6 Å². The highest BCUT2D eigenvalue weighted by molar-refractivity contribution is 9.10. The Morgan fingerprint density at radius 2 is 2.00 bits per heavy atom. The molecule has 0 saturated heterocycles. The van der Waals surface area contributed by atoms with Crippen LogP contribution in [0.25, 0.3) is 0 Å². The van der Waals surface area contributed by atoms with E-state index >= 15 is 0 Å². The summed E-state index contributed by atoms with van der Waals surface area (Å²) in [5.41, 5.74) is -1.71. The van der Waals surface area contributed by atoms with Gasteiger partial charge in [-0.05, 0) is 28.1 Å². The second kappa shape index (κ2) is 4.63. The van der Waals surface area contributed by atoms with Gasteiger partial charge in [0.1, 0.15) is 0 Å². The molecule has 0 heterocycles. The topological polar surface area (TPSA) is 26.3 Å². The predicted octanol–water partition coefficient (Wildman–Crippen LogP) is 3.91. The molecule has 0 aliphatic heterocycles. The first kappa shape index (κ1) is 13.3. The fourth-order valence-electron chi connectivity index (χ4n) is 1.11. The molecule has 0 saturated carbocycles. The molecule has 0 atom stereocenters. The van der Waals surface area contributed by atoms with Crippen molar-refractivity contribution in [2.75, 3.05) is 7.11 Å². The number of rotatable bonds is 1. The average Bonchev–Trinajstić information content (AvgIpc) is 2.18. The Balaban J connectivity index is 3.52. The maximum Gasteiger partial charge on any atom is 0.418 e. The van der Waals surface area contributed by atoms with Gasteiger partial charge in [0.2, 0.25) is 0 Å². The van der Waals surface area contributed by atoms with E-state index in [1.807, 2.05) is 0 Å². The lowest BCUT2D eigenvalue weighted by atomic mass is 10.1. The molecule has 0 bridgehead atoms. The van der Waals surface area contributed by atoms with E-state index < -0.39 is 23.3 Å². The number of carbonyl (C=O) groups excluding carboxylic acids is 1. The highest BCUT2D eigenvalue weighted by atomic mass is 79.9. The second-order valence-electron chi connectivity index (χ2n) is 2.77. The normalized spacial score (nSPS) is 11.4. The molecule has 88 valence electrons. The van der Waals surface area contributed by atoms with Gasteiger partial charge in [0.25, 0.3) is 0 Å². The number of esters is 1. The lowest BCUT2D eigenvalue weighted by Gasteiger charge is -2.14. The first-order valence-corrected chi connectivity index (χ1v) is 5.09. The maximum absolute atomic E-state index is 12.7. The summed E-state index contributed by atoms with van der Waals surface area (Å²) in [7, 11) is 1.00. The van der Waals surface area contributed by atoms with Gasteiger partial charge in [-0.1, -0.05) is 11.6 Å². The summed E-state index contributed by atoms with van der Waals surface area (Å²) in [6.07, 6.45) is -4.69. The number of hydrogen-bond donors (Lipinski definition) is 0. The van der Waals surface area contributed by atoms with E-state index in [1.54, 1.807) is 0 Å². The van der Waals surface area contributed by atoms with Gasteiger partial charge >= 0.3 is 12.1 Å². The number of benzene rings is 1. The molecule has 16 heavy (non-hydrogen) atoms. The number of methoxy groups -OCH3 is 1. The summed E-state index contributed by atoms with van der Waals surface area (Å²) in [5, 5.41) is -0.125. The predicted molar refractivity (Wildman–Crippen MR) is 55.5 cm³/mol. The van der Waals surface area contributed by atoms with Gasteiger partial charge in [0.05, 0.1) is 23.3 Å². The van der Waals surface area contributed by atoms with Crippen molar-refractivity contribution in [1.29, 1.82) is 0 Å². The summed E-state index contributed by atoms with van der Waals surface area (Å²) in [6.45, 7) is 0. The average molecular weight is 317 g/mol. The van der Waals surface area contributed by atoms with Gasteiger partial charge in [-0.15, -0.1) is 0 Å². The van der Waals surface area contributed by atoms with Gasteiger partial charge < -0.3 is 4.74 Å². The van der Waals surface area contributed by atoms with Crippen LogP contribution in [-0.4, -0.2) is 13.1 Å². The van der Waals surface area contributed by atoms with Gasteiger partial charge in [-0.3, -0.25) is 0 Å². The molecule has 0 spiro atoms. The molecule has 7 heteroatoms. The van der Waals surface area contributed by atoms with Crippen molar-refractivity contribution in [3.63, 3.8) is 0 Å². The third-order valence-corrected chi connectivity index (χ3v) is 3.15. The molecule has 1 aromatic rings. The minimum absolute atomic E-state index is 0.125. The molecule has 0 amide bonds. The molecule has 1 rings (SSSR count). The zero-order valence-electron chi connectivity index (χ0n) is 7.86. The largest absolute Gasteiger partial charge is 0.465 e. The van der Waals surface area contributed by atoms with Gasteiger partial charge in [0.15, 0.2) is 0 Å². The Morgan fingerprint density at radius 3 is 2.44 bits per heavy atom. The van der Waals surface area contributed by atoms with Gasteiger partial charge in [-0.25, -0.2) is 4.79 Å². The number of ether oxygens (including phenoxy) is 1. The van der Waals surface area contributed by atoms with E-state index in [9.17, 15) is 18.0 Å². The van der Waals surface area contributed by atoms with E-state index in [2.05, 4.69) is 20.7 Å². The summed E-state index contributed by atoms with van der Waals surface area (Å²) in [6, 6.07) is 2.16. The van der Waals surface area contributed by atoms with Crippen LogP contribution in [0.5, 0.6) is 0 Å². The smallest absolute Gasteiger partial charge is 0.418 e. The van der Waals surface area contributed by atoms with Crippen molar-refractivity contribution in [2.24, 2.45) is 0 Å². The summed E-state index contributed by atoms with van der Waals surface area (Å²) in [4.78, 5) is 11.2. The van der Waals surface area contributed by atoms with Crippen molar-refractivity contribution in [2.45, 2.75) is 6.18 Å². The van der Waals surface area contributed by atoms with Crippen LogP contribution < -0.4 is 0 Å². The first-order valence-electron chi connectivity index (χ1n) is 3.92. The highest BCUT2D eigenvalue weighted by Gasteiger charge is 2.38. The maximum atomic E-state index is 12.7. The Kier molecular flexibility index (Phi) is 3.85. The standard InChI is InChI=1S/C9H5BrClF3O2/c1-16-8(15)4-2-3-5(11)7(10)6(4)9(12,13)14/h2-3H,1H3. The van der Waals surface area contributed by atoms with Crippen molar-refractivity contribution in [3.8, 4) is 0 Å². The number of carbonyl (C=O) groups is 1. The van der Waals surface area contributed by atoms with Crippen molar-refractivity contribution in [3.05, 3.63) is 32.8 Å². The monoisotopic (exact) mass is 316 g/mol. The highest BCUT2D eigenvalue weighted by Crippen LogP contribution is 2.40. The zero-order valence-corrected chi connectivity index (χ0v) is 10.2. The van der Waals surface area contributed by atoms with E-state index in [1.165, 1.54) is 6.07 Å².